The second kappa shape index (κ2) is 1.05. The zero-order valence-electron chi connectivity index (χ0n) is 5.02. The molecule has 0 aliphatic rings. The normalized spacial score (nSPS) is 13.3. The van der Waals surface area contributed by atoms with E-state index >= 15 is 0 Å². The molecular weight excluding hydrogens is 78.0 g/mol. The molecule has 0 amide bonds. The van der Waals surface area contributed by atoms with E-state index in [1.165, 1.54) is 6.20 Å². The maximum absolute atomic E-state index is 8.58. The summed E-state index contributed by atoms with van der Waals surface area (Å²) in [6.45, 7) is 0. The Balaban J connectivity index is 3.19. The van der Waals surface area contributed by atoms with Gasteiger partial charge in [0.15, 0.2) is 5.88 Å². The molecule has 2 N–H and O–H groups in total. The highest BCUT2D eigenvalue weighted by Crippen LogP contribution is 1.97. The van der Waals surface area contributed by atoms with E-state index in [0.29, 0.717) is 0 Å². The predicted molar refractivity (Wildman–Crippen MR) is 22.5 cm³/mol. The van der Waals surface area contributed by atoms with Gasteiger partial charge in [-0.1, -0.05) is 0 Å². The molecule has 2 nitrogen and oxygen atoms in total. The van der Waals surface area contributed by atoms with E-state index in [4.69, 9.17) is 7.85 Å². The van der Waals surface area contributed by atoms with Crippen molar-refractivity contribution >= 4 is 0 Å². The van der Waals surface area contributed by atoms with Crippen molar-refractivity contribution in [2.45, 2.75) is 0 Å². The zero-order valence-corrected chi connectivity index (χ0v) is 3.02. The van der Waals surface area contributed by atoms with E-state index in [-0.39, 0.29) is 18.0 Å². The first-order chi connectivity index (χ1) is 3.72. The van der Waals surface area contributed by atoms with Crippen LogP contribution in [0.1, 0.15) is 2.74 Å². The average molecular weight is 85.1 g/mol. The number of nitrogens with one attached hydrogen (secondary N) is 1. The Labute approximate surface area is 38.2 Å². The summed E-state index contributed by atoms with van der Waals surface area (Å²) >= 11 is 0. The Morgan fingerprint density at radius 1 is 2.00 bits per heavy atom. The van der Waals surface area contributed by atoms with Crippen LogP contribution >= 0.6 is 0 Å². The summed E-state index contributed by atoms with van der Waals surface area (Å²) in [4.78, 5) is 2.32. The summed E-state index contributed by atoms with van der Waals surface area (Å²) in [5.74, 6) is -0.241. The van der Waals surface area contributed by atoms with Gasteiger partial charge in [0.1, 0.15) is 0 Å². The standard InChI is InChI=1S/C4H5NO/c6-4-2-1-3-5-4/h1-3,5-6H/i1D,2D. The quantitative estimate of drug-likeness (QED) is 0.478. The molecule has 1 aromatic heterocycles. The van der Waals surface area contributed by atoms with Crippen LogP contribution in [0.3, 0.4) is 0 Å². The molecule has 2 heteroatoms. The molecule has 0 saturated heterocycles. The molecule has 0 radical (unpaired) electrons. The van der Waals surface area contributed by atoms with Gasteiger partial charge in [0.2, 0.25) is 0 Å². The van der Waals surface area contributed by atoms with Crippen LogP contribution in [-0.4, -0.2) is 10.1 Å². The Morgan fingerprint density at radius 2 is 2.83 bits per heavy atom. The second-order valence-electron chi connectivity index (χ2n) is 0.907. The fourth-order valence-electron chi connectivity index (χ4n) is 0.245. The number of aromatic nitrogens is 1. The summed E-state index contributed by atoms with van der Waals surface area (Å²) in [6, 6.07) is -0.132. The molecule has 32 valence electrons. The number of hydrogen-bond acceptors (Lipinski definition) is 1. The lowest BCUT2D eigenvalue weighted by Gasteiger charge is -1.71. The van der Waals surface area contributed by atoms with Crippen LogP contribution in [0.5, 0.6) is 5.88 Å². The lowest BCUT2D eigenvalue weighted by molar-refractivity contribution is 0.457. The highest BCUT2D eigenvalue weighted by Gasteiger charge is 1.75. The van der Waals surface area contributed by atoms with Gasteiger partial charge in [0.05, 0.1) is 2.74 Å². The van der Waals surface area contributed by atoms with Crippen molar-refractivity contribution in [3.05, 3.63) is 18.3 Å². The van der Waals surface area contributed by atoms with E-state index < -0.39 is 0 Å². The zero-order chi connectivity index (χ0) is 6.15. The lowest BCUT2D eigenvalue weighted by atomic mass is 10.7. The molecule has 0 bridgehead atoms. The molecule has 0 aliphatic heterocycles. The van der Waals surface area contributed by atoms with Gasteiger partial charge in [-0.2, -0.15) is 0 Å². The Hall–Kier alpha value is -0.920. The molecule has 1 rings (SSSR count). The van der Waals surface area contributed by atoms with E-state index in [1.807, 2.05) is 0 Å². The maximum Gasteiger partial charge on any atom is 0.188 e. The number of rotatable bonds is 0. The topological polar surface area (TPSA) is 36.0 Å². The Kier molecular flexibility index (Phi) is 0.294. The molecule has 1 aromatic rings. The van der Waals surface area contributed by atoms with E-state index in [9.17, 15) is 0 Å². The SMILES string of the molecule is [2H]c1c[nH]c(O)c1[2H]. The first-order valence-corrected chi connectivity index (χ1v) is 1.55. The molecule has 0 fully saturated rings. The van der Waals surface area contributed by atoms with Gasteiger partial charge in [-0.25, -0.2) is 0 Å². The van der Waals surface area contributed by atoms with Crippen LogP contribution in [-0.2, 0) is 0 Å². The fraction of sp³-hybridized carbons (Fsp3) is 0. The summed E-state index contributed by atoms with van der Waals surface area (Å²) < 4.78 is 13.7. The first-order valence-electron chi connectivity index (χ1n) is 2.55. The molecule has 0 aliphatic carbocycles. The van der Waals surface area contributed by atoms with Crippen molar-refractivity contribution < 1.29 is 7.85 Å². The number of aromatic hydroxyl groups is 1. The molecule has 0 unspecified atom stereocenters. The molecular formula is C4H5NO. The van der Waals surface area contributed by atoms with Crippen LogP contribution in [0.25, 0.3) is 0 Å². The summed E-state index contributed by atoms with van der Waals surface area (Å²) in [5.41, 5.74) is 0. The Bertz CT molecular complexity index is 176. The largest absolute Gasteiger partial charge is 0.495 e. The highest BCUT2D eigenvalue weighted by molar-refractivity contribution is 5.06. The Morgan fingerprint density at radius 3 is 3.00 bits per heavy atom. The monoisotopic (exact) mass is 85.0 g/mol. The van der Waals surface area contributed by atoms with Crippen molar-refractivity contribution in [2.24, 2.45) is 0 Å². The first kappa shape index (κ1) is 1.69. The molecule has 1 heterocycles. The molecule has 6 heavy (non-hydrogen) atoms. The van der Waals surface area contributed by atoms with Crippen molar-refractivity contribution in [3.8, 4) is 5.88 Å². The van der Waals surface area contributed by atoms with Crippen LogP contribution in [0.15, 0.2) is 18.3 Å². The van der Waals surface area contributed by atoms with E-state index in [1.54, 1.807) is 0 Å². The maximum atomic E-state index is 8.58. The van der Waals surface area contributed by atoms with Crippen LogP contribution in [0.2, 0.25) is 0 Å². The van der Waals surface area contributed by atoms with Gasteiger partial charge in [0, 0.05) is 6.20 Å². The summed E-state index contributed by atoms with van der Waals surface area (Å²) in [6.07, 6.45) is 1.26. The second-order valence-corrected chi connectivity index (χ2v) is 0.907. The summed E-state index contributed by atoms with van der Waals surface area (Å²) in [7, 11) is 0. The van der Waals surface area contributed by atoms with E-state index in [2.05, 4.69) is 4.98 Å². The van der Waals surface area contributed by atoms with Crippen molar-refractivity contribution in [1.82, 2.24) is 4.98 Å². The molecule has 0 saturated carbocycles. The number of H-pyrrole nitrogens is 1. The van der Waals surface area contributed by atoms with Crippen molar-refractivity contribution in [1.29, 1.82) is 0 Å². The van der Waals surface area contributed by atoms with Crippen LogP contribution in [0.4, 0.5) is 0 Å². The number of aromatic amines is 1. The number of hydrogen-bond donors (Lipinski definition) is 2. The average Bonchev–Trinajstić information content (AvgIpc) is 1.98. The van der Waals surface area contributed by atoms with Gasteiger partial charge >= 0.3 is 0 Å². The predicted octanol–water partition coefficient (Wildman–Crippen LogP) is 0.720. The fourth-order valence-corrected chi connectivity index (χ4v) is 0.245. The van der Waals surface area contributed by atoms with Crippen LogP contribution in [0, 0.1) is 0 Å². The third-order valence-electron chi connectivity index (χ3n) is 0.472. The minimum atomic E-state index is -0.241. The third-order valence-corrected chi connectivity index (χ3v) is 0.472. The van der Waals surface area contributed by atoms with Gasteiger partial charge in [-0.3, -0.25) is 0 Å². The van der Waals surface area contributed by atoms with E-state index in [0.717, 1.165) is 0 Å². The minimum Gasteiger partial charge on any atom is -0.495 e. The summed E-state index contributed by atoms with van der Waals surface area (Å²) in [5, 5.41) is 8.58. The van der Waals surface area contributed by atoms with Crippen LogP contribution < -0.4 is 0 Å². The smallest absolute Gasteiger partial charge is 0.188 e. The highest BCUT2D eigenvalue weighted by atomic mass is 16.3. The van der Waals surface area contributed by atoms with Gasteiger partial charge < -0.3 is 10.1 Å². The molecule has 0 aromatic carbocycles. The van der Waals surface area contributed by atoms with Crippen molar-refractivity contribution in [3.63, 3.8) is 0 Å². The lowest BCUT2D eigenvalue weighted by Crippen LogP contribution is -1.51. The van der Waals surface area contributed by atoms with Gasteiger partial charge in [-0.15, -0.1) is 0 Å². The van der Waals surface area contributed by atoms with Gasteiger partial charge in [-0.05, 0) is 12.1 Å². The minimum absolute atomic E-state index is 0.0162. The third kappa shape index (κ3) is 0.360. The molecule has 0 atom stereocenters. The van der Waals surface area contributed by atoms with Crippen molar-refractivity contribution in [2.75, 3.05) is 0 Å². The van der Waals surface area contributed by atoms with Gasteiger partial charge in [0.25, 0.3) is 0 Å². The molecule has 0 spiro atoms.